The van der Waals surface area contributed by atoms with Crippen LogP contribution in [0.2, 0.25) is 0 Å². The van der Waals surface area contributed by atoms with E-state index >= 15 is 0 Å². The Kier molecular flexibility index (Phi) is 3.95. The van der Waals surface area contributed by atoms with Gasteiger partial charge in [0.05, 0.1) is 6.61 Å². The van der Waals surface area contributed by atoms with Crippen molar-refractivity contribution in [3.05, 3.63) is 46.0 Å². The average Bonchev–Trinajstić information content (AvgIpc) is 2.88. The van der Waals surface area contributed by atoms with Crippen molar-refractivity contribution < 1.29 is 9.66 Å². The van der Waals surface area contributed by atoms with Gasteiger partial charge >= 0.3 is 0 Å². The molecule has 1 saturated heterocycles. The maximum Gasteiger partial charge on any atom is 0.213 e. The van der Waals surface area contributed by atoms with Crippen LogP contribution in [0, 0.1) is 16.0 Å². The van der Waals surface area contributed by atoms with Crippen molar-refractivity contribution >= 4 is 0 Å². The Morgan fingerprint density at radius 3 is 2.80 bits per heavy atom. The molecule has 0 spiro atoms. The SMILES string of the molecule is O=[N+]([O-])C1CCC2NNC(OCc3ccccc3)C2C1. The molecule has 0 aromatic heterocycles. The molecule has 6 nitrogen and oxygen atoms in total. The van der Waals surface area contributed by atoms with Gasteiger partial charge in [0.2, 0.25) is 6.04 Å². The third kappa shape index (κ3) is 2.82. The first-order valence-corrected chi connectivity index (χ1v) is 7.04. The monoisotopic (exact) mass is 277 g/mol. The summed E-state index contributed by atoms with van der Waals surface area (Å²) >= 11 is 0. The van der Waals surface area contributed by atoms with E-state index in [0.29, 0.717) is 19.4 Å². The van der Waals surface area contributed by atoms with Crippen LogP contribution in [0.3, 0.4) is 0 Å². The molecule has 1 aliphatic heterocycles. The average molecular weight is 277 g/mol. The molecule has 0 bridgehead atoms. The number of hydrogen-bond acceptors (Lipinski definition) is 5. The Morgan fingerprint density at radius 2 is 2.05 bits per heavy atom. The van der Waals surface area contributed by atoms with Gasteiger partial charge in [0.25, 0.3) is 0 Å². The summed E-state index contributed by atoms with van der Waals surface area (Å²) in [7, 11) is 0. The minimum Gasteiger partial charge on any atom is -0.357 e. The normalized spacial score (nSPS) is 32.8. The smallest absolute Gasteiger partial charge is 0.213 e. The lowest BCUT2D eigenvalue weighted by Crippen LogP contribution is -2.40. The predicted octanol–water partition coefficient (Wildman–Crippen LogP) is 1.45. The zero-order valence-corrected chi connectivity index (χ0v) is 11.2. The van der Waals surface area contributed by atoms with Gasteiger partial charge in [-0.05, 0) is 12.0 Å². The van der Waals surface area contributed by atoms with Crippen LogP contribution < -0.4 is 10.9 Å². The molecule has 1 aliphatic carbocycles. The fourth-order valence-electron chi connectivity index (χ4n) is 3.11. The molecule has 1 heterocycles. The van der Waals surface area contributed by atoms with E-state index < -0.39 is 6.04 Å². The number of hydrogen-bond donors (Lipinski definition) is 2. The van der Waals surface area contributed by atoms with Gasteiger partial charge in [-0.25, -0.2) is 5.43 Å². The number of ether oxygens (including phenoxy) is 1. The van der Waals surface area contributed by atoms with Crippen molar-refractivity contribution in [2.45, 2.75) is 44.2 Å². The van der Waals surface area contributed by atoms with Gasteiger partial charge < -0.3 is 4.74 Å². The van der Waals surface area contributed by atoms with E-state index in [2.05, 4.69) is 10.9 Å². The standard InChI is InChI=1S/C14H19N3O3/c18-17(19)11-6-7-13-12(8-11)14(16-15-13)20-9-10-4-2-1-3-5-10/h1-5,11-16H,6-9H2. The van der Waals surface area contributed by atoms with Crippen LogP contribution in [-0.2, 0) is 11.3 Å². The van der Waals surface area contributed by atoms with E-state index in [-0.39, 0.29) is 23.1 Å². The van der Waals surface area contributed by atoms with E-state index in [9.17, 15) is 10.1 Å². The molecule has 3 rings (SSSR count). The molecule has 0 amide bonds. The molecule has 1 aromatic carbocycles. The number of hydrazine groups is 1. The Balaban J connectivity index is 1.58. The Labute approximate surface area is 117 Å². The number of nitrogens with one attached hydrogen (secondary N) is 2. The molecular formula is C14H19N3O3. The third-order valence-corrected chi connectivity index (χ3v) is 4.24. The fraction of sp³-hybridized carbons (Fsp3) is 0.571. The minimum atomic E-state index is -0.430. The molecule has 108 valence electrons. The Morgan fingerprint density at radius 1 is 1.25 bits per heavy atom. The van der Waals surface area contributed by atoms with Gasteiger partial charge in [0, 0.05) is 29.7 Å². The molecule has 2 N–H and O–H groups in total. The first kappa shape index (κ1) is 13.5. The van der Waals surface area contributed by atoms with Crippen molar-refractivity contribution in [3.63, 3.8) is 0 Å². The Hall–Kier alpha value is -1.50. The molecule has 20 heavy (non-hydrogen) atoms. The predicted molar refractivity (Wildman–Crippen MR) is 73.2 cm³/mol. The third-order valence-electron chi connectivity index (χ3n) is 4.24. The summed E-state index contributed by atoms with van der Waals surface area (Å²) in [6, 6.07) is 9.81. The van der Waals surface area contributed by atoms with Crippen LogP contribution in [0.4, 0.5) is 0 Å². The van der Waals surface area contributed by atoms with Gasteiger partial charge in [0.15, 0.2) is 0 Å². The quantitative estimate of drug-likeness (QED) is 0.643. The minimum absolute atomic E-state index is 0.150. The second kappa shape index (κ2) is 5.87. The molecular weight excluding hydrogens is 258 g/mol. The van der Waals surface area contributed by atoms with Gasteiger partial charge in [-0.3, -0.25) is 15.5 Å². The maximum atomic E-state index is 11.0. The molecule has 1 aromatic rings. The summed E-state index contributed by atoms with van der Waals surface area (Å²) in [5, 5.41) is 11.0. The summed E-state index contributed by atoms with van der Waals surface area (Å²) in [5.74, 6) is 0.169. The van der Waals surface area contributed by atoms with Crippen molar-refractivity contribution in [1.29, 1.82) is 0 Å². The lowest BCUT2D eigenvalue weighted by Gasteiger charge is -2.28. The van der Waals surface area contributed by atoms with Crippen LogP contribution in [0.1, 0.15) is 24.8 Å². The Bertz CT molecular complexity index is 468. The summed E-state index contributed by atoms with van der Waals surface area (Å²) in [4.78, 5) is 10.8. The molecule has 0 radical (unpaired) electrons. The maximum absolute atomic E-state index is 11.0. The van der Waals surface area contributed by atoms with Crippen LogP contribution in [0.5, 0.6) is 0 Å². The van der Waals surface area contributed by atoms with Gasteiger partial charge in [0.1, 0.15) is 6.23 Å². The zero-order valence-electron chi connectivity index (χ0n) is 11.2. The van der Waals surface area contributed by atoms with E-state index in [1.807, 2.05) is 30.3 Å². The lowest BCUT2D eigenvalue weighted by atomic mass is 9.82. The van der Waals surface area contributed by atoms with Crippen LogP contribution >= 0.6 is 0 Å². The fourth-order valence-corrected chi connectivity index (χ4v) is 3.11. The van der Waals surface area contributed by atoms with Crippen LogP contribution in [0.15, 0.2) is 30.3 Å². The van der Waals surface area contributed by atoms with Gasteiger partial charge in [-0.15, -0.1) is 0 Å². The van der Waals surface area contributed by atoms with E-state index in [1.165, 1.54) is 0 Å². The molecule has 4 atom stereocenters. The highest BCUT2D eigenvalue weighted by atomic mass is 16.6. The van der Waals surface area contributed by atoms with Gasteiger partial charge in [-0.2, -0.15) is 0 Å². The second-order valence-corrected chi connectivity index (χ2v) is 5.53. The zero-order chi connectivity index (χ0) is 13.9. The summed E-state index contributed by atoms with van der Waals surface area (Å²) in [5.41, 5.74) is 7.45. The summed E-state index contributed by atoms with van der Waals surface area (Å²) in [6.07, 6.45) is 1.91. The number of rotatable bonds is 4. The van der Waals surface area contributed by atoms with Crippen LogP contribution in [-0.4, -0.2) is 23.2 Å². The van der Waals surface area contributed by atoms with E-state index in [1.54, 1.807) is 0 Å². The second-order valence-electron chi connectivity index (χ2n) is 5.53. The number of benzene rings is 1. The number of fused-ring (bicyclic) bond motifs is 1. The highest BCUT2D eigenvalue weighted by Crippen LogP contribution is 2.32. The topological polar surface area (TPSA) is 76.4 Å². The van der Waals surface area contributed by atoms with Gasteiger partial charge in [-0.1, -0.05) is 30.3 Å². The molecule has 4 unspecified atom stereocenters. The molecule has 2 fully saturated rings. The lowest BCUT2D eigenvalue weighted by molar-refractivity contribution is -0.528. The number of nitro groups is 1. The highest BCUT2D eigenvalue weighted by molar-refractivity contribution is 5.13. The van der Waals surface area contributed by atoms with Crippen molar-refractivity contribution in [2.24, 2.45) is 5.92 Å². The van der Waals surface area contributed by atoms with Crippen molar-refractivity contribution in [2.75, 3.05) is 0 Å². The van der Waals surface area contributed by atoms with Crippen LogP contribution in [0.25, 0.3) is 0 Å². The molecule has 1 saturated carbocycles. The molecule has 6 heteroatoms. The van der Waals surface area contributed by atoms with Crippen molar-refractivity contribution in [1.82, 2.24) is 10.9 Å². The molecule has 2 aliphatic rings. The van der Waals surface area contributed by atoms with E-state index in [0.717, 1.165) is 12.0 Å². The summed E-state index contributed by atoms with van der Waals surface area (Å²) in [6.45, 7) is 0.520. The number of nitrogens with zero attached hydrogens (tertiary/aromatic N) is 1. The largest absolute Gasteiger partial charge is 0.357 e. The highest BCUT2D eigenvalue weighted by Gasteiger charge is 2.44. The summed E-state index contributed by atoms with van der Waals surface area (Å²) < 4.78 is 5.89. The first-order valence-electron chi connectivity index (χ1n) is 7.04. The van der Waals surface area contributed by atoms with E-state index in [4.69, 9.17) is 4.74 Å². The first-order chi connectivity index (χ1) is 9.74. The van der Waals surface area contributed by atoms with Crippen molar-refractivity contribution in [3.8, 4) is 0 Å².